The van der Waals surface area contributed by atoms with Crippen molar-refractivity contribution in [1.29, 1.82) is 0 Å². The Balaban J connectivity index is 1.79. The molecule has 1 aromatic heterocycles. The number of furan rings is 1. The van der Waals surface area contributed by atoms with Crippen molar-refractivity contribution >= 4 is 21.6 Å². The highest BCUT2D eigenvalue weighted by Gasteiger charge is 2.17. The molecule has 146 valence electrons. The van der Waals surface area contributed by atoms with Crippen LogP contribution in [0.3, 0.4) is 0 Å². The zero-order chi connectivity index (χ0) is 20.1. The van der Waals surface area contributed by atoms with Gasteiger partial charge in [-0.25, -0.2) is 13.1 Å². The van der Waals surface area contributed by atoms with Gasteiger partial charge >= 0.3 is 0 Å². The zero-order valence-corrected chi connectivity index (χ0v) is 16.2. The monoisotopic (exact) mass is 400 g/mol. The van der Waals surface area contributed by atoms with E-state index in [1.54, 1.807) is 30.3 Å². The summed E-state index contributed by atoms with van der Waals surface area (Å²) in [7, 11) is -2.29. The van der Waals surface area contributed by atoms with E-state index in [1.807, 2.05) is 13.0 Å². The van der Waals surface area contributed by atoms with E-state index in [0.717, 1.165) is 5.56 Å². The minimum absolute atomic E-state index is 0.0112. The third kappa shape index (κ3) is 4.59. The predicted octanol–water partition coefficient (Wildman–Crippen LogP) is 3.33. The van der Waals surface area contributed by atoms with E-state index < -0.39 is 15.9 Å². The van der Waals surface area contributed by atoms with Crippen LogP contribution < -0.4 is 14.8 Å². The summed E-state index contributed by atoms with van der Waals surface area (Å²) in [5.41, 5.74) is 1.68. The van der Waals surface area contributed by atoms with Gasteiger partial charge in [-0.15, -0.1) is 0 Å². The van der Waals surface area contributed by atoms with E-state index >= 15 is 0 Å². The molecular weight excluding hydrogens is 380 g/mol. The molecule has 0 bridgehead atoms. The lowest BCUT2D eigenvalue weighted by molar-refractivity contribution is 0.102. The Labute approximate surface area is 163 Å². The number of hydrogen-bond acceptors (Lipinski definition) is 5. The molecule has 7 nitrogen and oxygen atoms in total. The normalized spacial score (nSPS) is 11.2. The molecule has 3 rings (SSSR count). The van der Waals surface area contributed by atoms with Gasteiger partial charge in [-0.1, -0.05) is 12.1 Å². The summed E-state index contributed by atoms with van der Waals surface area (Å²) in [6.07, 6.45) is 1.47. The summed E-state index contributed by atoms with van der Waals surface area (Å²) in [6, 6.07) is 14.6. The van der Waals surface area contributed by atoms with Gasteiger partial charge in [0.1, 0.15) is 11.5 Å². The lowest BCUT2D eigenvalue weighted by Crippen LogP contribution is -2.23. The maximum Gasteiger partial charge on any atom is 0.255 e. The van der Waals surface area contributed by atoms with Gasteiger partial charge in [0.05, 0.1) is 30.5 Å². The summed E-state index contributed by atoms with van der Waals surface area (Å²) in [5.74, 6) is 0.568. The second kappa shape index (κ2) is 8.28. The van der Waals surface area contributed by atoms with Gasteiger partial charge in [-0.2, -0.15) is 0 Å². The Bertz CT molecular complexity index is 1080. The summed E-state index contributed by atoms with van der Waals surface area (Å²) in [5, 5.41) is 2.76. The molecule has 1 heterocycles. The standard InChI is InChI=1S/C20H20N2O5S/c1-14-8-9-19(26-2)18(11-14)22-20(23)15-5-3-7-17(12-15)28(24,25)21-13-16-6-4-10-27-16/h3-12,21H,13H2,1-2H3,(H,22,23). The number of carbonyl (C=O) groups excluding carboxylic acids is 1. The molecule has 0 saturated heterocycles. The number of benzene rings is 2. The number of aryl methyl sites for hydroxylation is 1. The number of anilines is 1. The molecule has 0 spiro atoms. The van der Waals surface area contributed by atoms with Crippen molar-refractivity contribution in [3.8, 4) is 5.75 Å². The average molecular weight is 400 g/mol. The molecular formula is C20H20N2O5S. The molecule has 2 aromatic carbocycles. The Kier molecular flexibility index (Phi) is 5.81. The van der Waals surface area contributed by atoms with Gasteiger partial charge < -0.3 is 14.5 Å². The first-order chi connectivity index (χ1) is 13.4. The van der Waals surface area contributed by atoms with E-state index in [9.17, 15) is 13.2 Å². The van der Waals surface area contributed by atoms with Crippen molar-refractivity contribution in [2.24, 2.45) is 0 Å². The summed E-state index contributed by atoms with van der Waals surface area (Å²) < 4.78 is 37.8. The fourth-order valence-electron chi connectivity index (χ4n) is 2.58. The van der Waals surface area contributed by atoms with Crippen LogP contribution in [0.15, 0.2) is 70.2 Å². The molecule has 2 N–H and O–H groups in total. The summed E-state index contributed by atoms with van der Waals surface area (Å²) >= 11 is 0. The fourth-order valence-corrected chi connectivity index (χ4v) is 3.62. The van der Waals surface area contributed by atoms with Crippen LogP contribution in [-0.2, 0) is 16.6 Å². The van der Waals surface area contributed by atoms with Gasteiger partial charge in [-0.05, 0) is 55.0 Å². The molecule has 0 unspecified atom stereocenters. The zero-order valence-electron chi connectivity index (χ0n) is 15.4. The van der Waals surface area contributed by atoms with Crippen LogP contribution in [0.25, 0.3) is 0 Å². The smallest absolute Gasteiger partial charge is 0.255 e. The van der Waals surface area contributed by atoms with Crippen LogP contribution in [0.1, 0.15) is 21.7 Å². The van der Waals surface area contributed by atoms with Crippen molar-refractivity contribution < 1.29 is 22.4 Å². The van der Waals surface area contributed by atoms with E-state index in [1.165, 1.54) is 31.6 Å². The van der Waals surface area contributed by atoms with Crippen molar-refractivity contribution in [2.75, 3.05) is 12.4 Å². The minimum Gasteiger partial charge on any atom is -0.495 e. The molecule has 28 heavy (non-hydrogen) atoms. The Morgan fingerprint density at radius 3 is 2.64 bits per heavy atom. The molecule has 0 aliphatic heterocycles. The van der Waals surface area contributed by atoms with Crippen molar-refractivity contribution in [3.05, 3.63) is 77.7 Å². The highest BCUT2D eigenvalue weighted by Crippen LogP contribution is 2.26. The maximum absolute atomic E-state index is 12.6. The van der Waals surface area contributed by atoms with Crippen LogP contribution in [0.5, 0.6) is 5.75 Å². The lowest BCUT2D eigenvalue weighted by atomic mass is 10.1. The molecule has 0 fully saturated rings. The Morgan fingerprint density at radius 2 is 1.93 bits per heavy atom. The highest BCUT2D eigenvalue weighted by molar-refractivity contribution is 7.89. The Morgan fingerprint density at radius 1 is 1.11 bits per heavy atom. The number of carbonyl (C=O) groups is 1. The molecule has 0 saturated carbocycles. The van der Waals surface area contributed by atoms with E-state index in [0.29, 0.717) is 17.2 Å². The number of hydrogen-bond donors (Lipinski definition) is 2. The van der Waals surface area contributed by atoms with Crippen LogP contribution in [0.4, 0.5) is 5.69 Å². The van der Waals surface area contributed by atoms with Gasteiger partial charge in [0, 0.05) is 5.56 Å². The number of nitrogens with one attached hydrogen (secondary N) is 2. The molecule has 0 aliphatic carbocycles. The largest absolute Gasteiger partial charge is 0.495 e. The number of ether oxygens (including phenoxy) is 1. The highest BCUT2D eigenvalue weighted by atomic mass is 32.2. The lowest BCUT2D eigenvalue weighted by Gasteiger charge is -2.12. The second-order valence-electron chi connectivity index (χ2n) is 6.09. The third-order valence-electron chi connectivity index (χ3n) is 4.03. The maximum atomic E-state index is 12.6. The summed E-state index contributed by atoms with van der Waals surface area (Å²) in [6.45, 7) is 1.92. The topological polar surface area (TPSA) is 97.6 Å². The molecule has 0 aliphatic rings. The number of methoxy groups -OCH3 is 1. The van der Waals surface area contributed by atoms with E-state index in [-0.39, 0.29) is 17.0 Å². The number of amides is 1. The van der Waals surface area contributed by atoms with Crippen molar-refractivity contribution in [2.45, 2.75) is 18.4 Å². The van der Waals surface area contributed by atoms with Crippen molar-refractivity contribution in [1.82, 2.24) is 4.72 Å². The number of sulfonamides is 1. The fraction of sp³-hybridized carbons (Fsp3) is 0.150. The van der Waals surface area contributed by atoms with E-state index in [2.05, 4.69) is 10.0 Å². The van der Waals surface area contributed by atoms with Gasteiger partial charge in [0.15, 0.2) is 0 Å². The molecule has 3 aromatic rings. The van der Waals surface area contributed by atoms with Gasteiger partial charge in [0.2, 0.25) is 10.0 Å². The number of rotatable bonds is 7. The van der Waals surface area contributed by atoms with Crippen molar-refractivity contribution in [3.63, 3.8) is 0 Å². The quantitative estimate of drug-likeness (QED) is 0.634. The van der Waals surface area contributed by atoms with Crippen LogP contribution in [0, 0.1) is 6.92 Å². The average Bonchev–Trinajstić information content (AvgIpc) is 3.20. The minimum atomic E-state index is -3.80. The first-order valence-corrected chi connectivity index (χ1v) is 9.95. The SMILES string of the molecule is COc1ccc(C)cc1NC(=O)c1cccc(S(=O)(=O)NCc2ccco2)c1. The van der Waals surface area contributed by atoms with Crippen LogP contribution in [0.2, 0.25) is 0 Å². The van der Waals surface area contributed by atoms with Crippen LogP contribution >= 0.6 is 0 Å². The molecule has 0 atom stereocenters. The van der Waals surface area contributed by atoms with E-state index in [4.69, 9.17) is 9.15 Å². The Hall–Kier alpha value is -3.10. The van der Waals surface area contributed by atoms with Crippen LogP contribution in [-0.4, -0.2) is 21.4 Å². The van der Waals surface area contributed by atoms with Gasteiger partial charge in [-0.3, -0.25) is 4.79 Å². The molecule has 8 heteroatoms. The predicted molar refractivity (Wildman–Crippen MR) is 105 cm³/mol. The summed E-state index contributed by atoms with van der Waals surface area (Å²) in [4.78, 5) is 12.6. The first kappa shape index (κ1) is 19.7. The second-order valence-corrected chi connectivity index (χ2v) is 7.86. The van der Waals surface area contributed by atoms with Gasteiger partial charge in [0.25, 0.3) is 5.91 Å². The first-order valence-electron chi connectivity index (χ1n) is 8.47. The third-order valence-corrected chi connectivity index (χ3v) is 5.43. The molecule has 0 radical (unpaired) electrons. The molecule has 1 amide bonds.